The van der Waals surface area contributed by atoms with E-state index in [0.29, 0.717) is 6.54 Å². The van der Waals surface area contributed by atoms with Crippen molar-refractivity contribution in [2.45, 2.75) is 26.8 Å². The second-order valence-electron chi connectivity index (χ2n) is 5.10. The molecular weight excluding hydrogens is 266 g/mol. The van der Waals surface area contributed by atoms with Crippen LogP contribution in [0, 0.1) is 0 Å². The minimum Gasteiger partial charge on any atom is -0.378 e. The summed E-state index contributed by atoms with van der Waals surface area (Å²) in [5, 5.41) is 2.94. The van der Waals surface area contributed by atoms with Crippen molar-refractivity contribution < 1.29 is 9.53 Å². The molecule has 2 rings (SSSR count). The molecule has 1 aromatic heterocycles. The molecule has 0 aliphatic carbocycles. The summed E-state index contributed by atoms with van der Waals surface area (Å²) in [6.07, 6.45) is 4.59. The summed E-state index contributed by atoms with van der Waals surface area (Å²) >= 11 is 0. The number of anilines is 1. The molecule has 1 aliphatic heterocycles. The highest BCUT2D eigenvalue weighted by atomic mass is 16.5. The van der Waals surface area contributed by atoms with Gasteiger partial charge in [0, 0.05) is 31.4 Å². The van der Waals surface area contributed by atoms with Crippen LogP contribution in [0.4, 0.5) is 5.82 Å². The van der Waals surface area contributed by atoms with Crippen LogP contribution in [0.15, 0.2) is 30.0 Å². The number of nitrogens with zero attached hydrogens (tertiary/aromatic N) is 2. The Morgan fingerprint density at radius 3 is 2.95 bits per heavy atom. The first kappa shape index (κ1) is 15.5. The van der Waals surface area contributed by atoms with Crippen LogP contribution in [0.25, 0.3) is 0 Å². The SMILES string of the molecule is CCC=C(C)C(=O)NCc1ccnc(N2CCOCC2)c1. The van der Waals surface area contributed by atoms with E-state index in [0.717, 1.165) is 49.7 Å². The molecule has 0 aromatic carbocycles. The zero-order chi connectivity index (χ0) is 15.1. The molecule has 1 N–H and O–H groups in total. The van der Waals surface area contributed by atoms with E-state index in [2.05, 4.69) is 15.2 Å². The van der Waals surface area contributed by atoms with Gasteiger partial charge in [0.05, 0.1) is 13.2 Å². The van der Waals surface area contributed by atoms with Crippen molar-refractivity contribution in [3.8, 4) is 0 Å². The number of morpholine rings is 1. The highest BCUT2D eigenvalue weighted by Gasteiger charge is 2.12. The third-order valence-corrected chi connectivity index (χ3v) is 3.47. The summed E-state index contributed by atoms with van der Waals surface area (Å²) in [7, 11) is 0. The minimum atomic E-state index is -0.0124. The van der Waals surface area contributed by atoms with Gasteiger partial charge in [0.1, 0.15) is 5.82 Å². The van der Waals surface area contributed by atoms with Gasteiger partial charge in [-0.15, -0.1) is 0 Å². The third kappa shape index (κ3) is 4.56. The Labute approximate surface area is 126 Å². The van der Waals surface area contributed by atoms with Gasteiger partial charge in [-0.1, -0.05) is 13.0 Å². The molecule has 1 aromatic rings. The predicted molar refractivity (Wildman–Crippen MR) is 83.2 cm³/mol. The second kappa shape index (κ2) is 7.78. The van der Waals surface area contributed by atoms with Gasteiger partial charge >= 0.3 is 0 Å². The molecule has 0 atom stereocenters. The summed E-state index contributed by atoms with van der Waals surface area (Å²) < 4.78 is 5.35. The normalized spacial score (nSPS) is 15.9. The second-order valence-corrected chi connectivity index (χ2v) is 5.10. The molecule has 1 aliphatic rings. The molecule has 5 nitrogen and oxygen atoms in total. The van der Waals surface area contributed by atoms with Crippen LogP contribution in [0.2, 0.25) is 0 Å². The van der Waals surface area contributed by atoms with Crippen molar-refractivity contribution >= 4 is 11.7 Å². The fourth-order valence-electron chi connectivity index (χ4n) is 2.26. The average Bonchev–Trinajstić information content (AvgIpc) is 2.54. The number of carbonyl (C=O) groups excluding carboxylic acids is 1. The Bertz CT molecular complexity index is 508. The zero-order valence-corrected chi connectivity index (χ0v) is 12.8. The largest absolute Gasteiger partial charge is 0.378 e. The molecule has 0 radical (unpaired) electrons. The van der Waals surface area contributed by atoms with Gasteiger partial charge in [-0.05, 0) is 31.0 Å². The zero-order valence-electron chi connectivity index (χ0n) is 12.8. The smallest absolute Gasteiger partial charge is 0.246 e. The number of hydrogen-bond acceptors (Lipinski definition) is 4. The van der Waals surface area contributed by atoms with Crippen LogP contribution < -0.4 is 10.2 Å². The predicted octanol–water partition coefficient (Wildman–Crippen LogP) is 1.89. The van der Waals surface area contributed by atoms with Crippen molar-refractivity contribution in [1.82, 2.24) is 10.3 Å². The summed E-state index contributed by atoms with van der Waals surface area (Å²) in [6.45, 7) is 7.59. The number of ether oxygens (including phenoxy) is 1. The lowest BCUT2D eigenvalue weighted by Crippen LogP contribution is -2.36. The third-order valence-electron chi connectivity index (χ3n) is 3.47. The maximum Gasteiger partial charge on any atom is 0.246 e. The number of rotatable bonds is 5. The summed E-state index contributed by atoms with van der Waals surface area (Å²) in [5.74, 6) is 0.937. The Morgan fingerprint density at radius 2 is 2.24 bits per heavy atom. The van der Waals surface area contributed by atoms with E-state index in [1.54, 1.807) is 6.20 Å². The van der Waals surface area contributed by atoms with E-state index < -0.39 is 0 Å². The van der Waals surface area contributed by atoms with E-state index in [-0.39, 0.29) is 5.91 Å². The standard InChI is InChI=1S/C16H23N3O2/c1-3-4-13(2)16(20)18-12-14-5-6-17-15(11-14)19-7-9-21-10-8-19/h4-6,11H,3,7-10,12H2,1-2H3,(H,18,20). The molecule has 0 spiro atoms. The van der Waals surface area contributed by atoms with Crippen LogP contribution in [0.3, 0.4) is 0 Å². The Morgan fingerprint density at radius 1 is 1.48 bits per heavy atom. The van der Waals surface area contributed by atoms with Crippen molar-refractivity contribution in [3.63, 3.8) is 0 Å². The van der Waals surface area contributed by atoms with Crippen LogP contribution in [-0.4, -0.2) is 37.2 Å². The summed E-state index contributed by atoms with van der Waals surface area (Å²) in [5.41, 5.74) is 1.82. The van der Waals surface area contributed by atoms with Gasteiger partial charge < -0.3 is 15.0 Å². The molecule has 5 heteroatoms. The number of amides is 1. The minimum absolute atomic E-state index is 0.0124. The maximum absolute atomic E-state index is 11.9. The van der Waals surface area contributed by atoms with Crippen molar-refractivity contribution in [3.05, 3.63) is 35.5 Å². The fourth-order valence-corrected chi connectivity index (χ4v) is 2.26. The van der Waals surface area contributed by atoms with E-state index >= 15 is 0 Å². The lowest BCUT2D eigenvalue weighted by atomic mass is 10.2. The van der Waals surface area contributed by atoms with Gasteiger partial charge in [-0.2, -0.15) is 0 Å². The summed E-state index contributed by atoms with van der Waals surface area (Å²) in [6, 6.07) is 3.97. The van der Waals surface area contributed by atoms with Gasteiger partial charge in [0.25, 0.3) is 0 Å². The first-order valence-electron chi connectivity index (χ1n) is 7.43. The average molecular weight is 289 g/mol. The van der Waals surface area contributed by atoms with E-state index in [9.17, 15) is 4.79 Å². The number of hydrogen-bond donors (Lipinski definition) is 1. The van der Waals surface area contributed by atoms with E-state index in [1.807, 2.05) is 32.1 Å². The number of carbonyl (C=O) groups is 1. The van der Waals surface area contributed by atoms with Crippen LogP contribution in [0.1, 0.15) is 25.8 Å². The maximum atomic E-state index is 11.9. The van der Waals surface area contributed by atoms with Crippen molar-refractivity contribution in [2.24, 2.45) is 0 Å². The number of nitrogens with one attached hydrogen (secondary N) is 1. The van der Waals surface area contributed by atoms with Crippen molar-refractivity contribution in [1.29, 1.82) is 0 Å². The molecule has 1 fully saturated rings. The highest BCUT2D eigenvalue weighted by Crippen LogP contribution is 2.14. The summed E-state index contributed by atoms with van der Waals surface area (Å²) in [4.78, 5) is 18.5. The molecular formula is C16H23N3O2. The molecule has 1 amide bonds. The van der Waals surface area contributed by atoms with Crippen LogP contribution in [-0.2, 0) is 16.1 Å². The Kier molecular flexibility index (Phi) is 5.75. The molecule has 114 valence electrons. The Hall–Kier alpha value is -1.88. The monoisotopic (exact) mass is 289 g/mol. The van der Waals surface area contributed by atoms with Crippen LogP contribution in [0.5, 0.6) is 0 Å². The van der Waals surface area contributed by atoms with E-state index in [1.165, 1.54) is 0 Å². The van der Waals surface area contributed by atoms with Crippen molar-refractivity contribution in [2.75, 3.05) is 31.2 Å². The first-order valence-corrected chi connectivity index (χ1v) is 7.43. The molecule has 1 saturated heterocycles. The quantitative estimate of drug-likeness (QED) is 0.841. The van der Waals surface area contributed by atoms with Gasteiger partial charge in [-0.3, -0.25) is 4.79 Å². The molecule has 0 bridgehead atoms. The fraction of sp³-hybridized carbons (Fsp3) is 0.500. The first-order chi connectivity index (χ1) is 10.2. The molecule has 2 heterocycles. The molecule has 0 unspecified atom stereocenters. The molecule has 21 heavy (non-hydrogen) atoms. The number of pyridine rings is 1. The van der Waals surface area contributed by atoms with Gasteiger partial charge in [0.2, 0.25) is 5.91 Å². The van der Waals surface area contributed by atoms with Gasteiger partial charge in [0.15, 0.2) is 0 Å². The van der Waals surface area contributed by atoms with Gasteiger partial charge in [-0.25, -0.2) is 4.98 Å². The Balaban J connectivity index is 1.94. The highest BCUT2D eigenvalue weighted by molar-refractivity contribution is 5.92. The lowest BCUT2D eigenvalue weighted by Gasteiger charge is -2.28. The number of allylic oxidation sites excluding steroid dienone is 1. The molecule has 0 saturated carbocycles. The number of aromatic nitrogens is 1. The van der Waals surface area contributed by atoms with E-state index in [4.69, 9.17) is 4.74 Å². The topological polar surface area (TPSA) is 54.5 Å². The van der Waals surface area contributed by atoms with Crippen LogP contribution >= 0.6 is 0 Å². The lowest BCUT2D eigenvalue weighted by molar-refractivity contribution is -0.117.